The molecule has 0 bridgehead atoms. The highest BCUT2D eigenvalue weighted by atomic mass is 32.2. The molecule has 0 saturated carbocycles. The summed E-state index contributed by atoms with van der Waals surface area (Å²) in [5, 5.41) is 0.182. The Kier molecular flexibility index (Phi) is 9.26. The standard InChI is InChI=1S/C29H31FN2O7S/c1-5-16-32(28(35)39-29(2,3)4)27-31-22-21(30)23(38-25(34)19-14-10-7-11-15-19)20(37-26(22)40-27)17-36-24(33)18-12-8-6-9-13-18/h5-15,20-23,26H,1,16-17H2,2-4H3. The molecule has 9 nitrogen and oxygen atoms in total. The van der Waals surface area contributed by atoms with Crippen LogP contribution in [0.1, 0.15) is 41.5 Å². The Bertz CT molecular complexity index is 1250. The van der Waals surface area contributed by atoms with E-state index in [0.29, 0.717) is 5.56 Å². The highest BCUT2D eigenvalue weighted by Gasteiger charge is 2.53. The lowest BCUT2D eigenvalue weighted by atomic mass is 9.99. The second kappa shape index (κ2) is 12.6. The van der Waals surface area contributed by atoms with Gasteiger partial charge in [0.2, 0.25) is 0 Å². The first-order valence-electron chi connectivity index (χ1n) is 12.7. The zero-order valence-electron chi connectivity index (χ0n) is 22.4. The van der Waals surface area contributed by atoms with E-state index in [1.807, 2.05) is 0 Å². The van der Waals surface area contributed by atoms with Gasteiger partial charge in [-0.3, -0.25) is 9.89 Å². The number of halogens is 1. The van der Waals surface area contributed by atoms with E-state index in [1.54, 1.807) is 81.4 Å². The van der Waals surface area contributed by atoms with Crippen molar-refractivity contribution >= 4 is 35.0 Å². The number of aliphatic imine (C=N–C) groups is 1. The van der Waals surface area contributed by atoms with Gasteiger partial charge in [-0.05, 0) is 45.0 Å². The van der Waals surface area contributed by atoms with Gasteiger partial charge in [-0.15, -0.1) is 6.58 Å². The number of nitrogens with zero attached hydrogens (tertiary/aromatic N) is 2. The summed E-state index contributed by atoms with van der Waals surface area (Å²) in [6.45, 7) is 8.57. The molecule has 2 aromatic carbocycles. The molecule has 1 saturated heterocycles. The largest absolute Gasteiger partial charge is 0.459 e. The topological polar surface area (TPSA) is 104 Å². The second-order valence-corrected chi connectivity index (χ2v) is 11.2. The second-order valence-electron chi connectivity index (χ2n) is 10.1. The number of thioether (sulfide) groups is 1. The number of carbonyl (C=O) groups is 3. The van der Waals surface area contributed by atoms with Gasteiger partial charge in [-0.2, -0.15) is 0 Å². The molecule has 0 spiro atoms. The summed E-state index contributed by atoms with van der Waals surface area (Å²) in [5.74, 6) is -1.39. The van der Waals surface area contributed by atoms with Crippen LogP contribution in [0.4, 0.5) is 9.18 Å². The molecule has 2 heterocycles. The molecule has 212 valence electrons. The number of benzene rings is 2. The summed E-state index contributed by atoms with van der Waals surface area (Å²) in [4.78, 5) is 44.0. The fourth-order valence-electron chi connectivity index (χ4n) is 4.04. The molecule has 40 heavy (non-hydrogen) atoms. The lowest BCUT2D eigenvalue weighted by Gasteiger charge is -2.38. The number of carbonyl (C=O) groups excluding carboxylic acids is 3. The van der Waals surface area contributed by atoms with Crippen molar-refractivity contribution in [1.29, 1.82) is 0 Å². The molecule has 2 aliphatic heterocycles. The summed E-state index contributed by atoms with van der Waals surface area (Å²) < 4.78 is 38.7. The molecule has 0 aliphatic carbocycles. The van der Waals surface area contributed by atoms with Crippen LogP contribution in [0.25, 0.3) is 0 Å². The van der Waals surface area contributed by atoms with Crippen LogP contribution in [0.5, 0.6) is 0 Å². The van der Waals surface area contributed by atoms with Gasteiger partial charge in [0.25, 0.3) is 0 Å². The van der Waals surface area contributed by atoms with Gasteiger partial charge in [0.05, 0.1) is 11.1 Å². The van der Waals surface area contributed by atoms with Crippen molar-refractivity contribution in [2.75, 3.05) is 13.2 Å². The minimum absolute atomic E-state index is 0.0711. The van der Waals surface area contributed by atoms with E-state index in [-0.39, 0.29) is 23.9 Å². The van der Waals surface area contributed by atoms with Gasteiger partial charge < -0.3 is 18.9 Å². The van der Waals surface area contributed by atoms with Crippen LogP contribution in [0, 0.1) is 0 Å². The van der Waals surface area contributed by atoms with Crippen LogP contribution >= 0.6 is 11.8 Å². The van der Waals surface area contributed by atoms with Gasteiger partial charge in [0, 0.05) is 6.54 Å². The van der Waals surface area contributed by atoms with Crippen molar-refractivity contribution < 1.29 is 37.7 Å². The maximum Gasteiger partial charge on any atom is 0.416 e. The van der Waals surface area contributed by atoms with E-state index < -0.39 is 53.5 Å². The molecule has 2 aromatic rings. The van der Waals surface area contributed by atoms with Crippen LogP contribution in [-0.2, 0) is 18.9 Å². The van der Waals surface area contributed by atoms with E-state index in [0.717, 1.165) is 11.8 Å². The molecule has 2 aliphatic rings. The fraction of sp³-hybridized carbons (Fsp3) is 0.379. The molecule has 5 unspecified atom stereocenters. The maximum atomic E-state index is 16.1. The molecular weight excluding hydrogens is 539 g/mol. The quantitative estimate of drug-likeness (QED) is 0.260. The summed E-state index contributed by atoms with van der Waals surface area (Å²) >= 11 is 1.04. The SMILES string of the molecule is C=CCN(C(=O)OC(C)(C)C)C1=NC2C(OC(COC(=O)c3ccccc3)C(OC(=O)c3ccccc3)C2F)S1. The first-order valence-corrected chi connectivity index (χ1v) is 13.6. The van der Waals surface area contributed by atoms with E-state index in [4.69, 9.17) is 18.9 Å². The maximum absolute atomic E-state index is 16.1. The first kappa shape index (κ1) is 29.3. The zero-order valence-corrected chi connectivity index (χ0v) is 23.2. The number of hydrogen-bond donors (Lipinski definition) is 0. The Morgan fingerprint density at radius 3 is 2.23 bits per heavy atom. The Morgan fingerprint density at radius 2 is 1.65 bits per heavy atom. The number of fused-ring (bicyclic) bond motifs is 1. The van der Waals surface area contributed by atoms with Gasteiger partial charge >= 0.3 is 18.0 Å². The lowest BCUT2D eigenvalue weighted by molar-refractivity contribution is -0.149. The number of amidine groups is 1. The number of esters is 2. The number of alkyl halides is 1. The Balaban J connectivity index is 1.56. The van der Waals surface area contributed by atoms with Crippen LogP contribution in [0.3, 0.4) is 0 Å². The molecule has 1 fully saturated rings. The normalized spacial score (nSPS) is 23.8. The average molecular weight is 571 g/mol. The molecule has 0 N–H and O–H groups in total. The number of hydrogen-bond acceptors (Lipinski definition) is 9. The third-order valence-corrected chi connectivity index (χ3v) is 7.03. The Labute approximate surface area is 236 Å². The van der Waals surface area contributed by atoms with Gasteiger partial charge in [0.15, 0.2) is 17.4 Å². The van der Waals surface area contributed by atoms with Crippen molar-refractivity contribution in [3.63, 3.8) is 0 Å². The van der Waals surface area contributed by atoms with E-state index >= 15 is 4.39 Å². The summed E-state index contributed by atoms with van der Waals surface area (Å²) in [6, 6.07) is 15.4. The molecule has 5 atom stereocenters. The fourth-order valence-corrected chi connectivity index (χ4v) is 5.25. The summed E-state index contributed by atoms with van der Waals surface area (Å²) in [7, 11) is 0. The highest BCUT2D eigenvalue weighted by molar-refractivity contribution is 8.14. The predicted octanol–water partition coefficient (Wildman–Crippen LogP) is 5.03. The van der Waals surface area contributed by atoms with Gasteiger partial charge in [-0.1, -0.05) is 54.2 Å². The zero-order chi connectivity index (χ0) is 28.9. The van der Waals surface area contributed by atoms with Crippen molar-refractivity contribution in [2.45, 2.75) is 56.2 Å². The smallest absolute Gasteiger partial charge is 0.416 e. The Morgan fingerprint density at radius 1 is 1.05 bits per heavy atom. The summed E-state index contributed by atoms with van der Waals surface area (Å²) in [5.41, 5.74) is -1.10. The van der Waals surface area contributed by atoms with Crippen molar-refractivity contribution in [2.24, 2.45) is 4.99 Å². The number of amides is 1. The van der Waals surface area contributed by atoms with E-state index in [2.05, 4.69) is 11.6 Å². The minimum Gasteiger partial charge on any atom is -0.459 e. The highest BCUT2D eigenvalue weighted by Crippen LogP contribution is 2.40. The third kappa shape index (κ3) is 7.08. The van der Waals surface area contributed by atoms with E-state index in [9.17, 15) is 14.4 Å². The van der Waals surface area contributed by atoms with Gasteiger partial charge in [-0.25, -0.2) is 18.8 Å². The van der Waals surface area contributed by atoms with Crippen molar-refractivity contribution in [1.82, 2.24) is 4.90 Å². The molecule has 1 amide bonds. The van der Waals surface area contributed by atoms with Crippen LogP contribution in [0.2, 0.25) is 0 Å². The number of rotatable bonds is 7. The molecule has 0 aromatic heterocycles. The third-order valence-electron chi connectivity index (χ3n) is 5.87. The molecule has 11 heteroatoms. The Hall–Kier alpha value is -3.70. The van der Waals surface area contributed by atoms with Crippen molar-refractivity contribution in [3.05, 3.63) is 84.4 Å². The molecule has 4 rings (SSSR count). The van der Waals surface area contributed by atoms with E-state index in [1.165, 1.54) is 11.0 Å². The van der Waals surface area contributed by atoms with Crippen LogP contribution < -0.4 is 0 Å². The van der Waals surface area contributed by atoms with Crippen molar-refractivity contribution in [3.8, 4) is 0 Å². The molecule has 0 radical (unpaired) electrons. The van der Waals surface area contributed by atoms with Gasteiger partial charge in [0.1, 0.15) is 29.8 Å². The monoisotopic (exact) mass is 570 g/mol. The number of ether oxygens (including phenoxy) is 4. The molecular formula is C29H31FN2O7S. The van der Waals surface area contributed by atoms with Crippen LogP contribution in [-0.4, -0.2) is 76.7 Å². The average Bonchev–Trinajstić information content (AvgIpc) is 3.36. The minimum atomic E-state index is -1.82. The summed E-state index contributed by atoms with van der Waals surface area (Å²) in [6.07, 6.45) is -3.56. The predicted molar refractivity (Wildman–Crippen MR) is 148 cm³/mol. The first-order chi connectivity index (χ1) is 19.1. The van der Waals surface area contributed by atoms with Crippen LogP contribution in [0.15, 0.2) is 78.3 Å². The lowest BCUT2D eigenvalue weighted by Crippen LogP contribution is -2.56.